The first-order valence-corrected chi connectivity index (χ1v) is 8.62. The highest BCUT2D eigenvalue weighted by atomic mass is 16.5. The largest absolute Gasteiger partial charge is 0.490 e. The van der Waals surface area contributed by atoms with Crippen LogP contribution in [-0.2, 0) is 11.2 Å². The number of nitrogens with one attached hydrogen (secondary N) is 2. The summed E-state index contributed by atoms with van der Waals surface area (Å²) in [6.07, 6.45) is 7.55. The molecule has 0 unspecified atom stereocenters. The average molecular weight is 315 g/mol. The van der Waals surface area contributed by atoms with Crippen LogP contribution in [0.25, 0.3) is 10.9 Å². The summed E-state index contributed by atoms with van der Waals surface area (Å²) in [5, 5.41) is 11.4. The number of aryl methyl sites for hydroxylation is 1. The van der Waals surface area contributed by atoms with E-state index in [4.69, 9.17) is 4.74 Å². The van der Waals surface area contributed by atoms with Crippen molar-refractivity contribution in [2.45, 2.75) is 64.5 Å². The van der Waals surface area contributed by atoms with Gasteiger partial charge in [-0.2, -0.15) is 5.10 Å². The highest BCUT2D eigenvalue weighted by Crippen LogP contribution is 2.31. The van der Waals surface area contributed by atoms with E-state index in [1.54, 1.807) is 0 Å². The van der Waals surface area contributed by atoms with E-state index in [0.717, 1.165) is 48.8 Å². The molecule has 0 bridgehead atoms. The van der Waals surface area contributed by atoms with Gasteiger partial charge in [-0.1, -0.05) is 13.8 Å². The summed E-state index contributed by atoms with van der Waals surface area (Å²) in [5.41, 5.74) is 2.28. The summed E-state index contributed by atoms with van der Waals surface area (Å²) >= 11 is 0. The number of hydrogen-bond donors (Lipinski definition) is 2. The third-order valence-corrected chi connectivity index (χ3v) is 4.70. The Morgan fingerprint density at radius 1 is 1.30 bits per heavy atom. The molecule has 3 rings (SSSR count). The summed E-state index contributed by atoms with van der Waals surface area (Å²) < 4.78 is 6.28. The number of fused-ring (bicyclic) bond motifs is 1. The zero-order chi connectivity index (χ0) is 16.2. The van der Waals surface area contributed by atoms with E-state index in [2.05, 4.69) is 22.4 Å². The Hall–Kier alpha value is -2.04. The SMILES string of the molecule is CCC(=O)N[C@H]1CC[C@H](Oc2ccc3[nH]ncc3c2CC)CC1. The summed E-state index contributed by atoms with van der Waals surface area (Å²) in [5.74, 6) is 1.12. The topological polar surface area (TPSA) is 67.0 Å². The maximum atomic E-state index is 11.5. The molecule has 2 N–H and O–H groups in total. The van der Waals surface area contributed by atoms with Crippen molar-refractivity contribution in [1.82, 2.24) is 15.5 Å². The molecule has 1 aliphatic carbocycles. The number of H-pyrrole nitrogens is 1. The first-order valence-electron chi connectivity index (χ1n) is 8.62. The molecule has 0 radical (unpaired) electrons. The van der Waals surface area contributed by atoms with Crippen molar-refractivity contribution >= 4 is 16.8 Å². The van der Waals surface area contributed by atoms with Gasteiger partial charge in [0, 0.05) is 23.4 Å². The number of nitrogens with zero attached hydrogens (tertiary/aromatic N) is 1. The lowest BCUT2D eigenvalue weighted by Crippen LogP contribution is -2.39. The fourth-order valence-corrected chi connectivity index (χ4v) is 3.37. The fourth-order valence-electron chi connectivity index (χ4n) is 3.37. The number of amides is 1. The molecule has 5 heteroatoms. The number of aromatic nitrogens is 2. The van der Waals surface area contributed by atoms with Gasteiger partial charge in [-0.15, -0.1) is 0 Å². The van der Waals surface area contributed by atoms with E-state index in [9.17, 15) is 4.79 Å². The molecule has 1 aliphatic rings. The molecule has 0 atom stereocenters. The summed E-state index contributed by atoms with van der Waals surface area (Å²) in [4.78, 5) is 11.5. The highest BCUT2D eigenvalue weighted by molar-refractivity contribution is 5.84. The predicted octanol–water partition coefficient (Wildman–Crippen LogP) is 3.34. The van der Waals surface area contributed by atoms with E-state index < -0.39 is 0 Å². The van der Waals surface area contributed by atoms with Crippen molar-refractivity contribution in [1.29, 1.82) is 0 Å². The average Bonchev–Trinajstić information content (AvgIpc) is 3.05. The van der Waals surface area contributed by atoms with Gasteiger partial charge in [-0.25, -0.2) is 0 Å². The van der Waals surface area contributed by atoms with Gasteiger partial charge in [0.1, 0.15) is 5.75 Å². The zero-order valence-electron chi connectivity index (χ0n) is 13.9. The molecule has 1 aromatic carbocycles. The molecule has 1 saturated carbocycles. The minimum atomic E-state index is 0.146. The van der Waals surface area contributed by atoms with Crippen LogP contribution in [-0.4, -0.2) is 28.3 Å². The molecule has 1 fully saturated rings. The van der Waals surface area contributed by atoms with Gasteiger partial charge in [-0.3, -0.25) is 9.89 Å². The van der Waals surface area contributed by atoms with Crippen LogP contribution in [0.2, 0.25) is 0 Å². The molecule has 5 nitrogen and oxygen atoms in total. The van der Waals surface area contributed by atoms with Crippen LogP contribution in [0.15, 0.2) is 18.3 Å². The molecule has 23 heavy (non-hydrogen) atoms. The number of aromatic amines is 1. The summed E-state index contributed by atoms with van der Waals surface area (Å²) in [6.45, 7) is 4.04. The second-order valence-electron chi connectivity index (χ2n) is 6.24. The number of hydrogen-bond acceptors (Lipinski definition) is 3. The van der Waals surface area contributed by atoms with Gasteiger partial charge >= 0.3 is 0 Å². The van der Waals surface area contributed by atoms with Crippen molar-refractivity contribution in [3.63, 3.8) is 0 Å². The number of carbonyl (C=O) groups is 1. The van der Waals surface area contributed by atoms with Gasteiger partial charge in [0.2, 0.25) is 5.91 Å². The molecular weight excluding hydrogens is 290 g/mol. The second-order valence-corrected chi connectivity index (χ2v) is 6.24. The maximum Gasteiger partial charge on any atom is 0.219 e. The predicted molar refractivity (Wildman–Crippen MR) is 90.6 cm³/mol. The Bertz CT molecular complexity index is 672. The third-order valence-electron chi connectivity index (χ3n) is 4.70. The lowest BCUT2D eigenvalue weighted by atomic mass is 9.92. The molecule has 0 saturated heterocycles. The van der Waals surface area contributed by atoms with E-state index >= 15 is 0 Å². The lowest BCUT2D eigenvalue weighted by Gasteiger charge is -2.30. The Labute approximate surface area is 136 Å². The van der Waals surface area contributed by atoms with Gasteiger partial charge in [-0.05, 0) is 44.2 Å². The minimum absolute atomic E-state index is 0.146. The van der Waals surface area contributed by atoms with Crippen molar-refractivity contribution in [2.24, 2.45) is 0 Å². The van der Waals surface area contributed by atoms with E-state index in [0.29, 0.717) is 12.5 Å². The van der Waals surface area contributed by atoms with Gasteiger partial charge < -0.3 is 10.1 Å². The first-order chi connectivity index (χ1) is 11.2. The Morgan fingerprint density at radius 3 is 2.78 bits per heavy atom. The van der Waals surface area contributed by atoms with E-state index in [1.165, 1.54) is 5.56 Å². The third kappa shape index (κ3) is 3.49. The zero-order valence-corrected chi connectivity index (χ0v) is 13.9. The van der Waals surface area contributed by atoms with Crippen LogP contribution in [0.4, 0.5) is 0 Å². The van der Waals surface area contributed by atoms with Crippen LogP contribution < -0.4 is 10.1 Å². The molecule has 2 aromatic rings. The molecule has 1 aromatic heterocycles. The van der Waals surface area contributed by atoms with E-state index in [-0.39, 0.29) is 12.0 Å². The smallest absolute Gasteiger partial charge is 0.219 e. The fraction of sp³-hybridized carbons (Fsp3) is 0.556. The molecule has 124 valence electrons. The second kappa shape index (κ2) is 7.02. The van der Waals surface area contributed by atoms with Crippen molar-refractivity contribution in [3.05, 3.63) is 23.9 Å². The molecular formula is C18H25N3O2. The highest BCUT2D eigenvalue weighted by Gasteiger charge is 2.24. The Balaban J connectivity index is 1.63. The lowest BCUT2D eigenvalue weighted by molar-refractivity contribution is -0.121. The number of rotatable bonds is 5. The monoisotopic (exact) mass is 315 g/mol. The number of benzene rings is 1. The van der Waals surface area contributed by atoms with Crippen molar-refractivity contribution in [2.75, 3.05) is 0 Å². The van der Waals surface area contributed by atoms with Crippen LogP contribution in [0, 0.1) is 0 Å². The van der Waals surface area contributed by atoms with Crippen LogP contribution in [0.5, 0.6) is 5.75 Å². The summed E-state index contributed by atoms with van der Waals surface area (Å²) in [6, 6.07) is 4.39. The van der Waals surface area contributed by atoms with E-state index in [1.807, 2.05) is 25.3 Å². The maximum absolute atomic E-state index is 11.5. The Kier molecular flexibility index (Phi) is 4.84. The molecule has 0 aliphatic heterocycles. The van der Waals surface area contributed by atoms with Gasteiger partial charge in [0.15, 0.2) is 0 Å². The summed E-state index contributed by atoms with van der Waals surface area (Å²) in [7, 11) is 0. The van der Waals surface area contributed by atoms with Crippen LogP contribution in [0.3, 0.4) is 0 Å². The van der Waals surface area contributed by atoms with Crippen LogP contribution in [0.1, 0.15) is 51.5 Å². The van der Waals surface area contributed by atoms with Gasteiger partial charge in [0.05, 0.1) is 17.8 Å². The van der Waals surface area contributed by atoms with Gasteiger partial charge in [0.25, 0.3) is 0 Å². The number of carbonyl (C=O) groups excluding carboxylic acids is 1. The molecule has 0 spiro atoms. The standard InChI is InChI=1S/C18H25N3O2/c1-3-14-15-11-19-21-16(15)9-10-17(14)23-13-7-5-12(6-8-13)20-18(22)4-2/h9-13H,3-8H2,1-2H3,(H,19,21)(H,20,22)/t12-,13-. The molecule has 1 heterocycles. The quantitative estimate of drug-likeness (QED) is 0.889. The van der Waals surface area contributed by atoms with Crippen LogP contribution >= 0.6 is 0 Å². The normalized spacial score (nSPS) is 21.3. The minimum Gasteiger partial charge on any atom is -0.490 e. The first kappa shape index (κ1) is 15.8. The molecule has 1 amide bonds. The van der Waals surface area contributed by atoms with Crippen molar-refractivity contribution < 1.29 is 9.53 Å². The Morgan fingerprint density at radius 2 is 2.09 bits per heavy atom. The number of ether oxygens (including phenoxy) is 1. The van der Waals surface area contributed by atoms with Crippen molar-refractivity contribution in [3.8, 4) is 5.75 Å².